The Morgan fingerprint density at radius 1 is 0.750 bits per heavy atom. The highest BCUT2D eigenvalue weighted by atomic mass is 16.7. The molecule has 4 aromatic rings. The highest BCUT2D eigenvalue weighted by Gasteiger charge is 2.37. The molecule has 44 heavy (non-hydrogen) atoms. The van der Waals surface area contributed by atoms with Gasteiger partial charge in [0, 0.05) is 57.1 Å². The second kappa shape index (κ2) is 12.3. The number of aliphatic hydroxyl groups is 1. The zero-order valence-corrected chi connectivity index (χ0v) is 24.2. The summed E-state index contributed by atoms with van der Waals surface area (Å²) in [4.78, 5) is 40.6. The van der Waals surface area contributed by atoms with E-state index in [1.54, 1.807) is 48.8 Å². The third kappa shape index (κ3) is 5.60. The van der Waals surface area contributed by atoms with Gasteiger partial charge >= 0.3 is 0 Å². The second-order valence-corrected chi connectivity index (χ2v) is 11.3. The summed E-state index contributed by atoms with van der Waals surface area (Å²) in [6.07, 6.45) is 3.29. The number of carbonyl (C=O) groups is 2. The number of nitrogens with zero attached hydrogens (tertiary/aromatic N) is 5. The Labute approximate surface area is 255 Å². The van der Waals surface area contributed by atoms with Gasteiger partial charge in [-0.1, -0.05) is 48.5 Å². The third-order valence-corrected chi connectivity index (χ3v) is 8.50. The first kappa shape index (κ1) is 28.3. The van der Waals surface area contributed by atoms with Crippen molar-refractivity contribution in [2.75, 3.05) is 42.5 Å². The molecule has 0 radical (unpaired) electrons. The van der Waals surface area contributed by atoms with Crippen molar-refractivity contribution >= 4 is 23.5 Å². The Kier molecular flexibility index (Phi) is 7.88. The van der Waals surface area contributed by atoms with Crippen LogP contribution in [-0.4, -0.2) is 70.6 Å². The van der Waals surface area contributed by atoms with Gasteiger partial charge in [-0.05, 0) is 41.5 Å². The summed E-state index contributed by atoms with van der Waals surface area (Å²) in [5, 5.41) is 9.52. The molecule has 7 rings (SSSR count). The molecule has 0 bridgehead atoms. The molecule has 224 valence electrons. The number of hydrogen-bond acceptors (Lipinski definition) is 9. The summed E-state index contributed by atoms with van der Waals surface area (Å²) in [5.41, 5.74) is 4.00. The number of carbonyl (C=O) groups excluding carboxylic acids is 2. The number of aliphatic hydroxyl groups excluding tert-OH is 1. The van der Waals surface area contributed by atoms with E-state index >= 15 is 0 Å². The fourth-order valence-electron chi connectivity index (χ4n) is 6.11. The van der Waals surface area contributed by atoms with Crippen molar-refractivity contribution in [1.82, 2.24) is 14.9 Å². The summed E-state index contributed by atoms with van der Waals surface area (Å²) < 4.78 is 13.1. The lowest BCUT2D eigenvalue weighted by atomic mass is 9.99. The van der Waals surface area contributed by atoms with E-state index in [9.17, 15) is 14.7 Å². The molecule has 3 aliphatic heterocycles. The first-order valence-corrected chi connectivity index (χ1v) is 14.9. The van der Waals surface area contributed by atoms with E-state index < -0.39 is 6.29 Å². The average Bonchev–Trinajstić information content (AvgIpc) is 3.34. The average molecular weight is 592 g/mol. The van der Waals surface area contributed by atoms with E-state index in [0.29, 0.717) is 23.2 Å². The Balaban J connectivity index is 1.08. The fraction of sp³-hybridized carbons (Fsp3) is 0.294. The molecule has 3 aliphatic rings. The Morgan fingerprint density at radius 2 is 1.39 bits per heavy atom. The van der Waals surface area contributed by atoms with Gasteiger partial charge in [0.15, 0.2) is 6.29 Å². The van der Waals surface area contributed by atoms with Gasteiger partial charge in [-0.3, -0.25) is 14.5 Å². The number of aromatic nitrogens is 2. The first-order valence-electron chi connectivity index (χ1n) is 14.9. The van der Waals surface area contributed by atoms with Crippen LogP contribution in [0.4, 0.5) is 11.6 Å². The van der Waals surface area contributed by atoms with Crippen molar-refractivity contribution in [2.24, 2.45) is 0 Å². The number of fused-ring (bicyclic) bond motifs is 1. The van der Waals surface area contributed by atoms with Gasteiger partial charge in [-0.15, -0.1) is 0 Å². The molecule has 0 aliphatic carbocycles. The Bertz CT molecular complexity index is 1590. The Morgan fingerprint density at radius 3 is 2.02 bits per heavy atom. The standard InChI is InChI=1S/C34H33N5O5/c40-22-23-6-8-24(9-7-23)30-20-27(21-37-16-18-38(19-17-37)34-35-14-3-15-36-34)43-33(44-30)25-10-12-26(13-11-25)39-31(41)28-4-1-2-5-29(28)32(39)42/h1-15,27,30,33,40H,16-22H2. The second-order valence-electron chi connectivity index (χ2n) is 11.3. The molecule has 2 fully saturated rings. The van der Waals surface area contributed by atoms with Gasteiger partial charge in [0.2, 0.25) is 5.95 Å². The van der Waals surface area contributed by atoms with Crippen molar-refractivity contribution in [1.29, 1.82) is 0 Å². The maximum Gasteiger partial charge on any atom is 0.266 e. The lowest BCUT2D eigenvalue weighted by molar-refractivity contribution is -0.253. The predicted octanol–water partition coefficient (Wildman–Crippen LogP) is 4.14. The normalized spacial score (nSPS) is 22.3. The number of hydrogen-bond donors (Lipinski definition) is 1. The van der Waals surface area contributed by atoms with Gasteiger partial charge < -0.3 is 19.5 Å². The lowest BCUT2D eigenvalue weighted by Gasteiger charge is -2.40. The van der Waals surface area contributed by atoms with Crippen LogP contribution in [0, 0.1) is 0 Å². The Hall–Kier alpha value is -4.48. The van der Waals surface area contributed by atoms with Crippen LogP contribution in [0.2, 0.25) is 0 Å². The lowest BCUT2D eigenvalue weighted by Crippen LogP contribution is -2.50. The number of rotatable bonds is 7. The van der Waals surface area contributed by atoms with Crippen molar-refractivity contribution in [3.05, 3.63) is 119 Å². The minimum absolute atomic E-state index is 0.0143. The molecule has 1 aromatic heterocycles. The summed E-state index contributed by atoms with van der Waals surface area (Å²) in [6, 6.07) is 23.8. The summed E-state index contributed by atoms with van der Waals surface area (Å²) in [6.45, 7) is 4.15. The number of anilines is 2. The quantitative estimate of drug-likeness (QED) is 0.317. The monoisotopic (exact) mass is 591 g/mol. The molecule has 2 saturated heterocycles. The summed E-state index contributed by atoms with van der Waals surface area (Å²) in [7, 11) is 0. The topological polar surface area (TPSA) is 108 Å². The van der Waals surface area contributed by atoms with Crippen LogP contribution in [0.3, 0.4) is 0 Å². The van der Waals surface area contributed by atoms with Gasteiger partial charge in [0.25, 0.3) is 11.8 Å². The number of ether oxygens (including phenoxy) is 2. The van der Waals surface area contributed by atoms with E-state index in [1.807, 2.05) is 42.5 Å². The van der Waals surface area contributed by atoms with Gasteiger partial charge in [-0.2, -0.15) is 0 Å². The highest BCUT2D eigenvalue weighted by Crippen LogP contribution is 2.39. The van der Waals surface area contributed by atoms with Crippen LogP contribution < -0.4 is 9.80 Å². The van der Waals surface area contributed by atoms with Crippen LogP contribution >= 0.6 is 0 Å². The first-order chi connectivity index (χ1) is 21.6. The highest BCUT2D eigenvalue weighted by molar-refractivity contribution is 6.34. The van der Waals surface area contributed by atoms with E-state index in [2.05, 4.69) is 19.8 Å². The number of imide groups is 1. The van der Waals surface area contributed by atoms with Crippen LogP contribution in [0.1, 0.15) is 56.2 Å². The van der Waals surface area contributed by atoms with E-state index in [0.717, 1.165) is 55.4 Å². The fourth-order valence-corrected chi connectivity index (χ4v) is 6.11. The van der Waals surface area contributed by atoms with Crippen molar-refractivity contribution in [3.63, 3.8) is 0 Å². The maximum absolute atomic E-state index is 13.0. The minimum atomic E-state index is -0.633. The van der Waals surface area contributed by atoms with Crippen LogP contribution in [0.5, 0.6) is 0 Å². The van der Waals surface area contributed by atoms with Crippen LogP contribution in [0.25, 0.3) is 0 Å². The van der Waals surface area contributed by atoms with Crippen LogP contribution in [-0.2, 0) is 16.1 Å². The molecule has 3 atom stereocenters. The summed E-state index contributed by atoms with van der Waals surface area (Å²) >= 11 is 0. The molecule has 2 amide bonds. The molecule has 10 heteroatoms. The molecular weight excluding hydrogens is 558 g/mol. The molecule has 1 N–H and O–H groups in total. The number of amides is 2. The molecule has 4 heterocycles. The predicted molar refractivity (Wildman–Crippen MR) is 163 cm³/mol. The SMILES string of the molecule is O=C1c2ccccc2C(=O)N1c1ccc(C2OC(CN3CCN(c4ncccn4)CC3)CC(c3ccc(CO)cc3)O2)cc1. The van der Waals surface area contributed by atoms with Crippen molar-refractivity contribution in [2.45, 2.75) is 31.5 Å². The van der Waals surface area contributed by atoms with E-state index in [-0.39, 0.29) is 30.6 Å². The van der Waals surface area contributed by atoms with Crippen molar-refractivity contribution in [3.8, 4) is 0 Å². The van der Waals surface area contributed by atoms with Gasteiger partial charge in [0.05, 0.1) is 35.6 Å². The van der Waals surface area contributed by atoms with E-state index in [4.69, 9.17) is 9.47 Å². The molecule has 3 aromatic carbocycles. The van der Waals surface area contributed by atoms with Gasteiger partial charge in [-0.25, -0.2) is 14.9 Å². The molecule has 0 saturated carbocycles. The third-order valence-electron chi connectivity index (χ3n) is 8.50. The molecule has 3 unspecified atom stereocenters. The van der Waals surface area contributed by atoms with Gasteiger partial charge in [0.1, 0.15) is 0 Å². The largest absolute Gasteiger partial charge is 0.392 e. The van der Waals surface area contributed by atoms with Crippen molar-refractivity contribution < 1.29 is 24.2 Å². The van der Waals surface area contributed by atoms with E-state index in [1.165, 1.54) is 4.90 Å². The molecule has 0 spiro atoms. The summed E-state index contributed by atoms with van der Waals surface area (Å²) in [5.74, 6) is 0.105. The van der Waals surface area contributed by atoms with Crippen LogP contribution in [0.15, 0.2) is 91.3 Å². The minimum Gasteiger partial charge on any atom is -0.392 e. The smallest absolute Gasteiger partial charge is 0.266 e. The zero-order chi connectivity index (χ0) is 30.0. The molecule has 10 nitrogen and oxygen atoms in total. The number of benzene rings is 3. The maximum atomic E-state index is 13.0. The number of piperazine rings is 1. The zero-order valence-electron chi connectivity index (χ0n) is 24.2. The molecular formula is C34H33N5O5.